The van der Waals surface area contributed by atoms with E-state index in [4.69, 9.17) is 19.9 Å². The molecule has 0 saturated carbocycles. The summed E-state index contributed by atoms with van der Waals surface area (Å²) in [6.07, 6.45) is 1.01. The van der Waals surface area contributed by atoms with Crippen LogP contribution in [0, 0.1) is 0 Å². The summed E-state index contributed by atoms with van der Waals surface area (Å²) in [6, 6.07) is 11.9. The van der Waals surface area contributed by atoms with Crippen LogP contribution in [0.15, 0.2) is 41.4 Å². The Hall–Kier alpha value is -2.16. The van der Waals surface area contributed by atoms with Crippen LogP contribution in [0.5, 0.6) is 17.2 Å². The Morgan fingerprint density at radius 3 is 2.07 bits per heavy atom. The first-order valence-corrected chi connectivity index (χ1v) is 8.64. The van der Waals surface area contributed by atoms with E-state index in [0.717, 1.165) is 17.7 Å². The number of hydrogen-bond acceptors (Lipinski definition) is 4. The third kappa shape index (κ3) is 6.50. The van der Waals surface area contributed by atoms with Crippen LogP contribution in [0.1, 0.15) is 25.0 Å². The Morgan fingerprint density at radius 1 is 1.00 bits per heavy atom. The van der Waals surface area contributed by atoms with Crippen LogP contribution in [0.25, 0.3) is 0 Å². The maximum atomic E-state index is 5.99. The van der Waals surface area contributed by atoms with Gasteiger partial charge in [-0.3, -0.25) is 0 Å². The number of anilines is 1. The van der Waals surface area contributed by atoms with Crippen LogP contribution in [-0.2, 0) is 13.0 Å². The predicted molar refractivity (Wildman–Crippen MR) is 121 cm³/mol. The molecule has 0 aliphatic rings. The summed E-state index contributed by atoms with van der Waals surface area (Å²) in [6.45, 7) is 4.96. The van der Waals surface area contributed by atoms with Gasteiger partial charge in [0.25, 0.3) is 0 Å². The van der Waals surface area contributed by atoms with Crippen molar-refractivity contribution in [3.63, 3.8) is 0 Å². The van der Waals surface area contributed by atoms with Gasteiger partial charge in [-0.05, 0) is 48.7 Å². The average molecular weight is 485 g/mol. The van der Waals surface area contributed by atoms with Crippen molar-refractivity contribution < 1.29 is 14.2 Å². The fourth-order valence-electron chi connectivity index (χ4n) is 2.50. The van der Waals surface area contributed by atoms with Crippen LogP contribution in [0.4, 0.5) is 5.69 Å². The Balaban J connectivity index is 0.00000364. The molecule has 0 radical (unpaired) electrons. The normalized spacial score (nSPS) is 10.7. The molecule has 0 aliphatic carbocycles. The molecule has 0 unspecified atom stereocenters. The number of aryl methyl sites for hydroxylation is 1. The molecule has 27 heavy (non-hydrogen) atoms. The third-order valence-electron chi connectivity index (χ3n) is 3.88. The molecule has 0 bridgehead atoms. The number of nitrogens with one attached hydrogen (secondary N) is 1. The lowest BCUT2D eigenvalue weighted by Gasteiger charge is -2.15. The van der Waals surface area contributed by atoms with Crippen molar-refractivity contribution in [1.29, 1.82) is 0 Å². The third-order valence-corrected chi connectivity index (χ3v) is 3.88. The molecule has 7 heteroatoms. The lowest BCUT2D eigenvalue weighted by molar-refractivity contribution is 0.288. The van der Waals surface area contributed by atoms with E-state index in [1.165, 1.54) is 5.56 Å². The lowest BCUT2D eigenvalue weighted by atomic mass is 10.1. The van der Waals surface area contributed by atoms with Crippen LogP contribution in [0.2, 0.25) is 0 Å². The van der Waals surface area contributed by atoms with Gasteiger partial charge >= 0.3 is 0 Å². The first-order chi connectivity index (χ1) is 12.6. The molecule has 0 fully saturated rings. The van der Waals surface area contributed by atoms with Crippen LogP contribution < -0.4 is 25.3 Å². The van der Waals surface area contributed by atoms with E-state index in [1.54, 1.807) is 14.2 Å². The summed E-state index contributed by atoms with van der Waals surface area (Å²) in [4.78, 5) is 4.39. The number of nitrogens with zero attached hydrogens (tertiary/aromatic N) is 1. The number of benzene rings is 2. The second-order valence-electron chi connectivity index (χ2n) is 5.64. The van der Waals surface area contributed by atoms with Gasteiger partial charge in [-0.2, -0.15) is 0 Å². The van der Waals surface area contributed by atoms with Gasteiger partial charge in [0.15, 0.2) is 17.5 Å². The number of halogens is 1. The summed E-state index contributed by atoms with van der Waals surface area (Å²) in [5.74, 6) is 2.16. The topological polar surface area (TPSA) is 78.1 Å². The number of aliphatic imine (C=N–C) groups is 1. The van der Waals surface area contributed by atoms with Gasteiger partial charge in [-0.15, -0.1) is 24.0 Å². The average Bonchev–Trinajstić information content (AvgIpc) is 2.67. The van der Waals surface area contributed by atoms with Crippen molar-refractivity contribution in [3.05, 3.63) is 47.5 Å². The molecule has 6 nitrogen and oxygen atoms in total. The highest BCUT2D eigenvalue weighted by atomic mass is 127. The SMILES string of the molecule is CCOc1c(OC)cc(CN=C(N)Nc2ccc(CC)cc2)cc1OC.I. The smallest absolute Gasteiger partial charge is 0.203 e. The maximum Gasteiger partial charge on any atom is 0.203 e. The van der Waals surface area contributed by atoms with E-state index >= 15 is 0 Å². The minimum Gasteiger partial charge on any atom is -0.493 e. The molecule has 2 aromatic carbocycles. The molecular weight excluding hydrogens is 457 g/mol. The number of rotatable bonds is 8. The van der Waals surface area contributed by atoms with E-state index in [9.17, 15) is 0 Å². The summed E-state index contributed by atoms with van der Waals surface area (Å²) in [5, 5.41) is 3.09. The van der Waals surface area contributed by atoms with E-state index in [2.05, 4.69) is 29.4 Å². The molecule has 0 saturated heterocycles. The van der Waals surface area contributed by atoms with Gasteiger partial charge in [0, 0.05) is 5.69 Å². The highest BCUT2D eigenvalue weighted by Gasteiger charge is 2.13. The number of nitrogens with two attached hydrogens (primary N) is 1. The molecular formula is C20H28IN3O3. The highest BCUT2D eigenvalue weighted by molar-refractivity contribution is 14.0. The minimum absolute atomic E-state index is 0. The molecule has 2 aromatic rings. The highest BCUT2D eigenvalue weighted by Crippen LogP contribution is 2.38. The molecule has 148 valence electrons. The Labute approximate surface area is 178 Å². The largest absolute Gasteiger partial charge is 0.493 e. The molecule has 0 spiro atoms. The van der Waals surface area contributed by atoms with Gasteiger partial charge in [-0.25, -0.2) is 4.99 Å². The second-order valence-corrected chi connectivity index (χ2v) is 5.64. The first-order valence-electron chi connectivity index (χ1n) is 8.64. The fraction of sp³-hybridized carbons (Fsp3) is 0.350. The number of guanidine groups is 1. The van der Waals surface area contributed by atoms with E-state index < -0.39 is 0 Å². The van der Waals surface area contributed by atoms with Crippen molar-refractivity contribution in [2.75, 3.05) is 26.1 Å². The molecule has 0 aromatic heterocycles. The predicted octanol–water partition coefficient (Wildman–Crippen LogP) is 4.21. The van der Waals surface area contributed by atoms with Gasteiger partial charge < -0.3 is 25.3 Å². The zero-order valence-corrected chi connectivity index (χ0v) is 18.6. The molecule has 2 rings (SSSR count). The first kappa shape index (κ1) is 22.9. The summed E-state index contributed by atoms with van der Waals surface area (Å²) < 4.78 is 16.4. The monoisotopic (exact) mass is 485 g/mol. The van der Waals surface area contributed by atoms with Crippen molar-refractivity contribution in [3.8, 4) is 17.2 Å². The molecule has 0 amide bonds. The quantitative estimate of drug-likeness (QED) is 0.333. The van der Waals surface area contributed by atoms with Crippen LogP contribution >= 0.6 is 24.0 Å². The lowest BCUT2D eigenvalue weighted by Crippen LogP contribution is -2.22. The number of methoxy groups -OCH3 is 2. The number of ether oxygens (including phenoxy) is 3. The summed E-state index contributed by atoms with van der Waals surface area (Å²) in [7, 11) is 3.19. The van der Waals surface area contributed by atoms with Crippen molar-refractivity contribution in [2.45, 2.75) is 26.8 Å². The fourth-order valence-corrected chi connectivity index (χ4v) is 2.50. The van der Waals surface area contributed by atoms with Gasteiger partial charge in [0.2, 0.25) is 5.75 Å². The van der Waals surface area contributed by atoms with E-state index in [1.807, 2.05) is 31.2 Å². The Morgan fingerprint density at radius 2 is 1.59 bits per heavy atom. The minimum atomic E-state index is 0. The molecule has 3 N–H and O–H groups in total. The van der Waals surface area contributed by atoms with Crippen molar-refractivity contribution in [2.24, 2.45) is 10.7 Å². The molecule has 0 heterocycles. The van der Waals surface area contributed by atoms with Crippen molar-refractivity contribution in [1.82, 2.24) is 0 Å². The zero-order chi connectivity index (χ0) is 18.9. The van der Waals surface area contributed by atoms with E-state index in [-0.39, 0.29) is 24.0 Å². The Kier molecular flexibility index (Phi) is 9.77. The number of hydrogen-bond donors (Lipinski definition) is 2. The maximum absolute atomic E-state index is 5.99. The van der Waals surface area contributed by atoms with E-state index in [0.29, 0.717) is 36.4 Å². The van der Waals surface area contributed by atoms with Gasteiger partial charge in [0.05, 0.1) is 27.4 Å². The van der Waals surface area contributed by atoms with Gasteiger partial charge in [0.1, 0.15) is 0 Å². The Bertz CT molecular complexity index is 724. The van der Waals surface area contributed by atoms with Gasteiger partial charge in [-0.1, -0.05) is 19.1 Å². The standard InChI is InChI=1S/C20H27N3O3.HI/c1-5-14-7-9-16(10-8-14)23-20(21)22-13-15-11-17(24-3)19(26-6-2)18(12-15)25-4;/h7-12H,5-6,13H2,1-4H3,(H3,21,22,23);1H. The summed E-state index contributed by atoms with van der Waals surface area (Å²) in [5.41, 5.74) is 9.09. The molecule has 0 atom stereocenters. The molecule has 0 aliphatic heterocycles. The summed E-state index contributed by atoms with van der Waals surface area (Å²) >= 11 is 0. The zero-order valence-electron chi connectivity index (χ0n) is 16.2. The van der Waals surface area contributed by atoms with Crippen LogP contribution in [-0.4, -0.2) is 26.8 Å². The van der Waals surface area contributed by atoms with Crippen molar-refractivity contribution >= 4 is 35.6 Å². The second kappa shape index (κ2) is 11.5. The van der Waals surface area contributed by atoms with Crippen LogP contribution in [0.3, 0.4) is 0 Å².